The van der Waals surface area contributed by atoms with Crippen molar-refractivity contribution in [3.8, 4) is 0 Å². The minimum atomic E-state index is -1.72. The first-order chi connectivity index (χ1) is 13.3. The smallest absolute Gasteiger partial charge is 0.192 e. The highest BCUT2D eigenvalue weighted by molar-refractivity contribution is 6.74. The number of ketones is 1. The van der Waals surface area contributed by atoms with E-state index in [9.17, 15) is 4.79 Å². The molecule has 0 saturated heterocycles. The lowest BCUT2D eigenvalue weighted by Crippen LogP contribution is -2.52. The van der Waals surface area contributed by atoms with Gasteiger partial charge in [-0.15, -0.1) is 0 Å². The van der Waals surface area contributed by atoms with E-state index in [1.807, 2.05) is 0 Å². The first-order valence-electron chi connectivity index (χ1n) is 12.2. The predicted molar refractivity (Wildman–Crippen MR) is 123 cm³/mol. The second-order valence-electron chi connectivity index (χ2n) is 13.0. The van der Waals surface area contributed by atoms with Gasteiger partial charge in [0.05, 0.1) is 0 Å². The van der Waals surface area contributed by atoms with Crippen LogP contribution in [0.4, 0.5) is 0 Å². The molecule has 0 amide bonds. The van der Waals surface area contributed by atoms with E-state index < -0.39 is 8.32 Å². The molecule has 0 aromatic rings. The van der Waals surface area contributed by atoms with E-state index in [1.165, 1.54) is 25.7 Å². The average molecular weight is 417 g/mol. The van der Waals surface area contributed by atoms with Gasteiger partial charge in [0.1, 0.15) is 5.78 Å². The first-order valence-corrected chi connectivity index (χ1v) is 15.1. The monoisotopic (exact) mass is 416 g/mol. The molecule has 4 rings (SSSR count). The molecule has 7 atom stereocenters. The van der Waals surface area contributed by atoms with Gasteiger partial charge in [-0.2, -0.15) is 0 Å². The maximum absolute atomic E-state index is 12.8. The van der Waals surface area contributed by atoms with Gasteiger partial charge < -0.3 is 4.43 Å². The molecule has 2 nitrogen and oxygen atoms in total. The summed E-state index contributed by atoms with van der Waals surface area (Å²) in [5, 5.41) is 0.277. The van der Waals surface area contributed by atoms with Gasteiger partial charge in [-0.1, -0.05) is 53.2 Å². The Hall–Kier alpha value is -0.413. The topological polar surface area (TPSA) is 26.3 Å². The van der Waals surface area contributed by atoms with Gasteiger partial charge in [0.15, 0.2) is 8.32 Å². The van der Waals surface area contributed by atoms with Gasteiger partial charge in [0.2, 0.25) is 0 Å². The Bertz CT molecular complexity index is 717. The lowest BCUT2D eigenvalue weighted by molar-refractivity contribution is -0.132. The SMILES string of the molecule is CC1CC(=O)[C@@]2(C)CC[C@H]3[C@@H](CC=C4C[C@@H](O[Si](C)(C)C(C)(C)C)CC[C@@]43C)[C@H]12. The molecule has 0 spiro atoms. The molecule has 4 aliphatic carbocycles. The van der Waals surface area contributed by atoms with E-state index in [2.05, 4.69) is 60.7 Å². The van der Waals surface area contributed by atoms with E-state index in [1.54, 1.807) is 5.57 Å². The molecule has 0 bridgehead atoms. The lowest BCUT2D eigenvalue weighted by Gasteiger charge is -2.58. The summed E-state index contributed by atoms with van der Waals surface area (Å²) in [6, 6.07) is 0. The molecule has 0 aromatic carbocycles. The van der Waals surface area contributed by atoms with Gasteiger partial charge in [-0.05, 0) is 85.7 Å². The van der Waals surface area contributed by atoms with E-state index in [4.69, 9.17) is 4.43 Å². The van der Waals surface area contributed by atoms with Crippen molar-refractivity contribution in [2.45, 2.75) is 111 Å². The Kier molecular flexibility index (Phi) is 5.11. The van der Waals surface area contributed by atoms with Crippen LogP contribution in [0.3, 0.4) is 0 Å². The van der Waals surface area contributed by atoms with Gasteiger partial charge >= 0.3 is 0 Å². The zero-order valence-electron chi connectivity index (χ0n) is 20.2. The number of rotatable bonds is 2. The summed E-state index contributed by atoms with van der Waals surface area (Å²) >= 11 is 0. The van der Waals surface area contributed by atoms with Crippen LogP contribution >= 0.6 is 0 Å². The van der Waals surface area contributed by atoms with E-state index in [0.717, 1.165) is 25.2 Å². The Morgan fingerprint density at radius 3 is 2.38 bits per heavy atom. The minimum Gasteiger partial charge on any atom is -0.414 e. The largest absolute Gasteiger partial charge is 0.414 e. The Morgan fingerprint density at radius 2 is 1.72 bits per heavy atom. The van der Waals surface area contributed by atoms with Crippen molar-refractivity contribution in [2.75, 3.05) is 0 Å². The van der Waals surface area contributed by atoms with Crippen molar-refractivity contribution < 1.29 is 9.22 Å². The zero-order valence-corrected chi connectivity index (χ0v) is 21.2. The van der Waals surface area contributed by atoms with Crippen molar-refractivity contribution >= 4 is 14.1 Å². The van der Waals surface area contributed by atoms with Crippen molar-refractivity contribution in [1.29, 1.82) is 0 Å². The molecule has 1 unspecified atom stereocenters. The fourth-order valence-corrected chi connectivity index (χ4v) is 8.99. The molecule has 29 heavy (non-hydrogen) atoms. The number of carbonyl (C=O) groups is 1. The standard InChI is InChI=1S/C26H44O2Si/c1-17-15-22(27)26(6)14-12-21-20(23(17)26)10-9-18-16-19(11-13-25(18,21)5)28-29(7,8)24(2,3)4/h9,17,19-21,23H,10-16H2,1-8H3/t17?,19-,20+,21-,23-,25-,26+/m0/s1. The van der Waals surface area contributed by atoms with Crippen LogP contribution < -0.4 is 0 Å². The van der Waals surface area contributed by atoms with Crippen LogP contribution in [0.25, 0.3) is 0 Å². The van der Waals surface area contributed by atoms with Crippen molar-refractivity contribution in [2.24, 2.45) is 34.5 Å². The molecule has 3 heteroatoms. The minimum absolute atomic E-state index is 0.0368. The third-order valence-electron chi connectivity index (χ3n) is 10.3. The quantitative estimate of drug-likeness (QED) is 0.353. The fraction of sp³-hybridized carbons (Fsp3) is 0.885. The number of hydrogen-bond donors (Lipinski definition) is 0. The second-order valence-corrected chi connectivity index (χ2v) is 17.7. The lowest BCUT2D eigenvalue weighted by atomic mass is 9.47. The Balaban J connectivity index is 1.56. The number of allylic oxidation sites excluding steroid dienone is 1. The van der Waals surface area contributed by atoms with E-state index >= 15 is 0 Å². The van der Waals surface area contributed by atoms with Gasteiger partial charge in [0.25, 0.3) is 0 Å². The molecular weight excluding hydrogens is 372 g/mol. The molecule has 3 saturated carbocycles. The maximum Gasteiger partial charge on any atom is 0.192 e. The van der Waals surface area contributed by atoms with Crippen LogP contribution in [-0.4, -0.2) is 20.2 Å². The molecule has 0 heterocycles. The first kappa shape index (κ1) is 21.8. The summed E-state index contributed by atoms with van der Waals surface area (Å²) in [6.07, 6.45) is 11.0. The van der Waals surface area contributed by atoms with Crippen LogP contribution in [0.15, 0.2) is 11.6 Å². The van der Waals surface area contributed by atoms with Crippen molar-refractivity contribution in [3.05, 3.63) is 11.6 Å². The molecule has 0 N–H and O–H groups in total. The fourth-order valence-electron chi connectivity index (χ4n) is 7.60. The van der Waals surface area contributed by atoms with E-state index in [-0.39, 0.29) is 10.5 Å². The predicted octanol–water partition coefficient (Wildman–Crippen LogP) is 7.15. The third kappa shape index (κ3) is 3.25. The molecule has 0 aliphatic heterocycles. The van der Waals surface area contributed by atoms with Crippen molar-refractivity contribution in [1.82, 2.24) is 0 Å². The average Bonchev–Trinajstić information content (AvgIpc) is 2.83. The normalized spacial score (nSPS) is 45.3. The van der Waals surface area contributed by atoms with Gasteiger partial charge in [-0.25, -0.2) is 0 Å². The molecule has 4 aliphatic rings. The summed E-state index contributed by atoms with van der Waals surface area (Å²) in [4.78, 5) is 12.8. The number of hydrogen-bond acceptors (Lipinski definition) is 2. The number of Topliss-reactive ketones (excluding diaryl/α,β-unsaturated/α-hetero) is 1. The highest BCUT2D eigenvalue weighted by Gasteiger charge is 2.60. The maximum atomic E-state index is 12.8. The van der Waals surface area contributed by atoms with Gasteiger partial charge in [-0.3, -0.25) is 4.79 Å². The van der Waals surface area contributed by atoms with Crippen LogP contribution in [-0.2, 0) is 9.22 Å². The summed E-state index contributed by atoms with van der Waals surface area (Å²) in [5.74, 6) is 3.20. The van der Waals surface area contributed by atoms with Crippen LogP contribution in [0.1, 0.15) is 86.5 Å². The molecule has 0 aromatic heterocycles. The van der Waals surface area contributed by atoms with Crippen molar-refractivity contribution in [3.63, 3.8) is 0 Å². The van der Waals surface area contributed by atoms with Crippen LogP contribution in [0.2, 0.25) is 18.1 Å². The highest BCUT2D eigenvalue weighted by Crippen LogP contribution is 2.65. The highest BCUT2D eigenvalue weighted by atomic mass is 28.4. The van der Waals surface area contributed by atoms with E-state index in [0.29, 0.717) is 35.1 Å². The summed E-state index contributed by atoms with van der Waals surface area (Å²) in [6.45, 7) is 19.0. The summed E-state index contributed by atoms with van der Waals surface area (Å²) in [7, 11) is -1.72. The summed E-state index contributed by atoms with van der Waals surface area (Å²) in [5.41, 5.74) is 1.99. The molecule has 0 radical (unpaired) electrons. The van der Waals surface area contributed by atoms with Crippen LogP contribution in [0, 0.1) is 34.5 Å². The second kappa shape index (κ2) is 6.79. The third-order valence-corrected chi connectivity index (χ3v) is 14.9. The Labute approximate surface area is 180 Å². The Morgan fingerprint density at radius 1 is 1.07 bits per heavy atom. The zero-order chi connectivity index (χ0) is 21.4. The molecular formula is C26H44O2Si. The number of carbonyl (C=O) groups excluding carboxylic acids is 1. The molecule has 164 valence electrons. The number of fused-ring (bicyclic) bond motifs is 5. The molecule has 3 fully saturated rings. The van der Waals surface area contributed by atoms with Gasteiger partial charge in [0, 0.05) is 17.9 Å². The summed E-state index contributed by atoms with van der Waals surface area (Å²) < 4.78 is 6.84. The van der Waals surface area contributed by atoms with Crippen LogP contribution in [0.5, 0.6) is 0 Å².